The number of ether oxygens (including phenoxy) is 1. The van der Waals surface area contributed by atoms with Crippen molar-refractivity contribution in [3.63, 3.8) is 0 Å². The summed E-state index contributed by atoms with van der Waals surface area (Å²) in [7, 11) is 0. The maximum absolute atomic E-state index is 12.5. The predicted octanol–water partition coefficient (Wildman–Crippen LogP) is 2.57. The van der Waals surface area contributed by atoms with Crippen LogP contribution in [0.15, 0.2) is 24.3 Å². The molecule has 0 aromatic heterocycles. The molecular weight excluding hydrogens is 200 g/mol. The Morgan fingerprint density at radius 3 is 2.60 bits per heavy atom. The molecule has 0 amide bonds. The van der Waals surface area contributed by atoms with Crippen LogP contribution in [0.3, 0.4) is 0 Å². The molecule has 0 heterocycles. The third-order valence-electron chi connectivity index (χ3n) is 1.99. The highest BCUT2D eigenvalue weighted by Gasteiger charge is 2.20. The van der Waals surface area contributed by atoms with E-state index in [1.165, 1.54) is 0 Å². The molecule has 0 atom stereocenters. The molecule has 2 nitrogen and oxygen atoms in total. The van der Waals surface area contributed by atoms with Gasteiger partial charge in [0.15, 0.2) is 0 Å². The lowest BCUT2D eigenvalue weighted by molar-refractivity contribution is 0.000774. The summed E-state index contributed by atoms with van der Waals surface area (Å²) >= 11 is 0. The van der Waals surface area contributed by atoms with Crippen LogP contribution in [0.5, 0.6) is 5.75 Å². The Hall–Kier alpha value is -1.16. The van der Waals surface area contributed by atoms with Crippen molar-refractivity contribution in [3.05, 3.63) is 29.8 Å². The van der Waals surface area contributed by atoms with Gasteiger partial charge in [0.1, 0.15) is 5.75 Å². The van der Waals surface area contributed by atoms with E-state index in [4.69, 9.17) is 10.5 Å². The summed E-state index contributed by atoms with van der Waals surface area (Å²) in [4.78, 5) is 0. The molecule has 0 unspecified atom stereocenters. The SMILES string of the molecule is CC(F)(F)CCOc1ccccc1CN. The minimum absolute atomic E-state index is 0.000509. The molecule has 84 valence electrons. The molecule has 1 aromatic rings. The summed E-state index contributed by atoms with van der Waals surface area (Å²) in [6.07, 6.45) is -0.286. The van der Waals surface area contributed by atoms with E-state index < -0.39 is 5.92 Å². The lowest BCUT2D eigenvalue weighted by atomic mass is 10.2. The first-order valence-corrected chi connectivity index (χ1v) is 4.81. The largest absolute Gasteiger partial charge is 0.493 e. The topological polar surface area (TPSA) is 35.2 Å². The molecule has 0 spiro atoms. The third kappa shape index (κ3) is 4.25. The summed E-state index contributed by atoms with van der Waals surface area (Å²) in [6.45, 7) is 1.23. The zero-order valence-electron chi connectivity index (χ0n) is 8.67. The van der Waals surface area contributed by atoms with Gasteiger partial charge in [-0.05, 0) is 13.0 Å². The van der Waals surface area contributed by atoms with Crippen molar-refractivity contribution in [2.75, 3.05) is 6.61 Å². The van der Waals surface area contributed by atoms with Gasteiger partial charge in [0.25, 0.3) is 0 Å². The van der Waals surface area contributed by atoms with Gasteiger partial charge in [-0.25, -0.2) is 8.78 Å². The Morgan fingerprint density at radius 2 is 2.00 bits per heavy atom. The number of rotatable bonds is 5. The molecular formula is C11H15F2NO. The van der Waals surface area contributed by atoms with Crippen LogP contribution in [0.25, 0.3) is 0 Å². The third-order valence-corrected chi connectivity index (χ3v) is 1.99. The number of halogens is 2. The normalized spacial score (nSPS) is 11.5. The number of benzene rings is 1. The van der Waals surface area contributed by atoms with Crippen LogP contribution in [0.1, 0.15) is 18.9 Å². The van der Waals surface area contributed by atoms with Gasteiger partial charge in [0, 0.05) is 18.5 Å². The monoisotopic (exact) mass is 215 g/mol. The first kappa shape index (κ1) is 11.9. The van der Waals surface area contributed by atoms with Crippen molar-refractivity contribution in [3.8, 4) is 5.75 Å². The van der Waals surface area contributed by atoms with Gasteiger partial charge in [-0.2, -0.15) is 0 Å². The van der Waals surface area contributed by atoms with E-state index >= 15 is 0 Å². The van der Waals surface area contributed by atoms with Gasteiger partial charge < -0.3 is 10.5 Å². The first-order valence-electron chi connectivity index (χ1n) is 4.81. The average Bonchev–Trinajstić information content (AvgIpc) is 2.16. The Labute approximate surface area is 88.0 Å². The molecule has 0 bridgehead atoms. The standard InChI is InChI=1S/C11H15F2NO/c1-11(12,13)6-7-15-10-5-3-2-4-9(10)8-14/h2-5H,6-8,14H2,1H3. The minimum Gasteiger partial charge on any atom is -0.493 e. The van der Waals surface area contributed by atoms with Crippen LogP contribution in [0.4, 0.5) is 8.78 Å². The summed E-state index contributed by atoms with van der Waals surface area (Å²) in [5, 5.41) is 0. The Balaban J connectivity index is 2.50. The van der Waals surface area contributed by atoms with E-state index in [1.54, 1.807) is 12.1 Å². The van der Waals surface area contributed by atoms with Crippen LogP contribution in [0.2, 0.25) is 0 Å². The smallest absolute Gasteiger partial charge is 0.248 e. The van der Waals surface area contributed by atoms with Crippen LogP contribution in [0, 0.1) is 0 Å². The lowest BCUT2D eigenvalue weighted by Gasteiger charge is -2.13. The highest BCUT2D eigenvalue weighted by molar-refractivity contribution is 5.32. The van der Waals surface area contributed by atoms with Crippen LogP contribution in [-0.2, 0) is 6.54 Å². The minimum atomic E-state index is -2.68. The highest BCUT2D eigenvalue weighted by Crippen LogP contribution is 2.20. The summed E-state index contributed by atoms with van der Waals surface area (Å²) < 4.78 is 30.2. The second-order valence-electron chi connectivity index (χ2n) is 3.48. The zero-order valence-corrected chi connectivity index (χ0v) is 8.67. The molecule has 2 N–H and O–H groups in total. The fourth-order valence-electron chi connectivity index (χ4n) is 1.15. The van der Waals surface area contributed by atoms with Crippen molar-refractivity contribution in [1.82, 2.24) is 0 Å². The van der Waals surface area contributed by atoms with E-state index in [2.05, 4.69) is 0 Å². The van der Waals surface area contributed by atoms with E-state index in [1.807, 2.05) is 12.1 Å². The lowest BCUT2D eigenvalue weighted by Crippen LogP contribution is -2.15. The first-order chi connectivity index (χ1) is 7.03. The van der Waals surface area contributed by atoms with Gasteiger partial charge in [-0.1, -0.05) is 18.2 Å². The van der Waals surface area contributed by atoms with Crippen molar-refractivity contribution in [2.45, 2.75) is 25.8 Å². The van der Waals surface area contributed by atoms with Crippen LogP contribution < -0.4 is 10.5 Å². The molecule has 0 saturated heterocycles. The van der Waals surface area contributed by atoms with Crippen LogP contribution in [-0.4, -0.2) is 12.5 Å². The Kier molecular flexibility index (Phi) is 4.03. The second kappa shape index (κ2) is 5.07. The number of nitrogens with two attached hydrogens (primary N) is 1. The number of para-hydroxylation sites is 1. The molecule has 0 aliphatic heterocycles. The quantitative estimate of drug-likeness (QED) is 0.819. The van der Waals surface area contributed by atoms with Gasteiger partial charge in [0.05, 0.1) is 6.61 Å². The summed E-state index contributed by atoms with van der Waals surface area (Å²) in [5.41, 5.74) is 6.31. The van der Waals surface area contributed by atoms with Crippen molar-refractivity contribution in [2.24, 2.45) is 5.73 Å². The molecule has 15 heavy (non-hydrogen) atoms. The maximum atomic E-state index is 12.5. The molecule has 0 aliphatic carbocycles. The van der Waals surface area contributed by atoms with E-state index in [0.717, 1.165) is 12.5 Å². The maximum Gasteiger partial charge on any atom is 0.248 e. The van der Waals surface area contributed by atoms with Crippen molar-refractivity contribution < 1.29 is 13.5 Å². The molecule has 4 heteroatoms. The molecule has 0 fully saturated rings. The summed E-state index contributed by atoms with van der Waals surface area (Å²) in [5.74, 6) is -2.10. The molecule has 0 aliphatic rings. The molecule has 1 rings (SSSR count). The molecule has 0 radical (unpaired) electrons. The molecule has 1 aromatic carbocycles. The Morgan fingerprint density at radius 1 is 1.33 bits per heavy atom. The van der Waals surface area contributed by atoms with Gasteiger partial charge in [0.2, 0.25) is 5.92 Å². The summed E-state index contributed by atoms with van der Waals surface area (Å²) in [6, 6.07) is 7.18. The van der Waals surface area contributed by atoms with Crippen LogP contribution >= 0.6 is 0 Å². The number of hydrogen-bond acceptors (Lipinski definition) is 2. The average molecular weight is 215 g/mol. The molecule has 0 saturated carbocycles. The van der Waals surface area contributed by atoms with Crippen molar-refractivity contribution >= 4 is 0 Å². The highest BCUT2D eigenvalue weighted by atomic mass is 19.3. The number of hydrogen-bond donors (Lipinski definition) is 1. The van der Waals surface area contributed by atoms with Gasteiger partial charge in [-0.15, -0.1) is 0 Å². The van der Waals surface area contributed by atoms with E-state index in [0.29, 0.717) is 12.3 Å². The zero-order chi connectivity index (χ0) is 11.3. The predicted molar refractivity (Wildman–Crippen MR) is 55.1 cm³/mol. The number of alkyl halides is 2. The fourth-order valence-corrected chi connectivity index (χ4v) is 1.15. The van der Waals surface area contributed by atoms with E-state index in [-0.39, 0.29) is 13.0 Å². The van der Waals surface area contributed by atoms with Gasteiger partial charge >= 0.3 is 0 Å². The Bertz CT molecular complexity index is 310. The van der Waals surface area contributed by atoms with Gasteiger partial charge in [-0.3, -0.25) is 0 Å². The second-order valence-corrected chi connectivity index (χ2v) is 3.48. The van der Waals surface area contributed by atoms with E-state index in [9.17, 15) is 8.78 Å². The van der Waals surface area contributed by atoms with Crippen molar-refractivity contribution in [1.29, 1.82) is 0 Å². The fraction of sp³-hybridized carbons (Fsp3) is 0.455.